The first-order chi connectivity index (χ1) is 8.91. The average molecular weight is 284 g/mol. The van der Waals surface area contributed by atoms with Crippen LogP contribution >= 0.6 is 0 Å². The molecule has 0 radical (unpaired) electrons. The molecule has 0 spiro atoms. The number of hydrogen-bond acceptors (Lipinski definition) is 3. The summed E-state index contributed by atoms with van der Waals surface area (Å²) < 4.78 is 0. The Morgan fingerprint density at radius 3 is 2.65 bits per heavy atom. The number of imide groups is 1. The fourth-order valence-corrected chi connectivity index (χ4v) is 2.07. The summed E-state index contributed by atoms with van der Waals surface area (Å²) in [5.74, 6) is 3.94. The summed E-state index contributed by atoms with van der Waals surface area (Å²) in [6, 6.07) is -0.828. The molecule has 6 heteroatoms. The Bertz CT molecular complexity index is 504. The van der Waals surface area contributed by atoms with Crippen LogP contribution in [0.5, 0.6) is 0 Å². The van der Waals surface area contributed by atoms with E-state index in [1.807, 2.05) is 6.92 Å². The van der Waals surface area contributed by atoms with E-state index in [9.17, 15) is 14.7 Å². The van der Waals surface area contributed by atoms with Crippen molar-refractivity contribution in [1.29, 1.82) is 0 Å². The molecule has 0 saturated heterocycles. The molecule has 2 atom stereocenters. The number of hydrogen-bond donors (Lipinski definition) is 0. The number of carbonyl (C=O) groups is 2. The van der Waals surface area contributed by atoms with Gasteiger partial charge in [-0.15, -0.1) is 12.5 Å². The van der Waals surface area contributed by atoms with E-state index in [2.05, 4.69) is 23.4 Å². The maximum Gasteiger partial charge on any atom is 1.00 e. The number of aliphatic imine (C=N–C) groups is 1. The number of amides is 3. The fourth-order valence-electron chi connectivity index (χ4n) is 2.07. The van der Waals surface area contributed by atoms with E-state index in [1.165, 1.54) is 13.1 Å². The fraction of sp³-hybridized carbons (Fsp3) is 0.500. The first kappa shape index (κ1) is 18.9. The van der Waals surface area contributed by atoms with Crippen LogP contribution in [0.3, 0.4) is 0 Å². The second-order valence-corrected chi connectivity index (χ2v) is 4.42. The standard InChI is InChI=1S/C14H18N2O3.Na/c1-5-7-8-10(3)14(9-6-2)11(17)15-13(19)16(4)12(14)18;/h6,10H,2,5,9H2,1,3-4H3,(H,15,17,19);/q;+1/p-1/t10-,14?;/m1./s1. The topological polar surface area (TPSA) is 72.8 Å². The van der Waals surface area contributed by atoms with Crippen molar-refractivity contribution in [2.24, 2.45) is 16.3 Å². The van der Waals surface area contributed by atoms with Crippen molar-refractivity contribution in [1.82, 2.24) is 4.90 Å². The Morgan fingerprint density at radius 1 is 1.55 bits per heavy atom. The van der Waals surface area contributed by atoms with Gasteiger partial charge in [0.2, 0.25) is 5.91 Å². The number of allylic oxidation sites excluding steroid dienone is 1. The van der Waals surface area contributed by atoms with Crippen molar-refractivity contribution in [3.63, 3.8) is 0 Å². The van der Waals surface area contributed by atoms with Crippen LogP contribution in [0.4, 0.5) is 4.79 Å². The van der Waals surface area contributed by atoms with E-state index in [4.69, 9.17) is 0 Å². The summed E-state index contributed by atoms with van der Waals surface area (Å²) in [7, 11) is 1.32. The molecule has 1 aliphatic heterocycles. The number of urea groups is 1. The molecule has 0 saturated carbocycles. The van der Waals surface area contributed by atoms with Gasteiger partial charge in [0.25, 0.3) is 0 Å². The zero-order chi connectivity index (χ0) is 14.6. The zero-order valence-electron chi connectivity index (χ0n) is 12.4. The molecule has 3 amide bonds. The zero-order valence-corrected chi connectivity index (χ0v) is 14.4. The first-order valence-electron chi connectivity index (χ1n) is 6.09. The van der Waals surface area contributed by atoms with Crippen molar-refractivity contribution in [3.05, 3.63) is 12.7 Å². The Balaban J connectivity index is 0.00000361. The largest absolute Gasteiger partial charge is 1.00 e. The van der Waals surface area contributed by atoms with Crippen molar-refractivity contribution >= 4 is 17.8 Å². The predicted octanol–water partition coefficient (Wildman–Crippen LogP) is -2.05. The minimum absolute atomic E-state index is 0. The van der Waals surface area contributed by atoms with Gasteiger partial charge < -0.3 is 5.11 Å². The van der Waals surface area contributed by atoms with E-state index in [0.717, 1.165) is 4.90 Å². The second-order valence-electron chi connectivity index (χ2n) is 4.42. The molecule has 0 aromatic rings. The smallest absolute Gasteiger partial charge is 0.861 e. The first-order valence-corrected chi connectivity index (χ1v) is 6.09. The minimum Gasteiger partial charge on any atom is -0.861 e. The van der Waals surface area contributed by atoms with Crippen LogP contribution in [0.25, 0.3) is 0 Å². The van der Waals surface area contributed by atoms with Gasteiger partial charge in [-0.3, -0.25) is 9.69 Å². The van der Waals surface area contributed by atoms with E-state index in [-0.39, 0.29) is 36.0 Å². The molecule has 1 aliphatic rings. The van der Waals surface area contributed by atoms with Crippen molar-refractivity contribution in [2.45, 2.75) is 26.7 Å². The summed E-state index contributed by atoms with van der Waals surface area (Å²) in [5.41, 5.74) is -1.42. The monoisotopic (exact) mass is 284 g/mol. The van der Waals surface area contributed by atoms with Crippen LogP contribution in [0, 0.1) is 23.2 Å². The second kappa shape index (κ2) is 7.63. The molecule has 1 unspecified atom stereocenters. The van der Waals surface area contributed by atoms with Crippen LogP contribution < -0.4 is 34.7 Å². The van der Waals surface area contributed by atoms with Gasteiger partial charge >= 0.3 is 35.6 Å². The third kappa shape index (κ3) is 3.14. The van der Waals surface area contributed by atoms with Crippen LogP contribution in [0.2, 0.25) is 0 Å². The predicted molar refractivity (Wildman–Crippen MR) is 70.1 cm³/mol. The maximum atomic E-state index is 12.4. The van der Waals surface area contributed by atoms with Gasteiger partial charge in [-0.25, -0.2) is 9.79 Å². The van der Waals surface area contributed by atoms with Crippen LogP contribution in [-0.2, 0) is 4.79 Å². The summed E-state index contributed by atoms with van der Waals surface area (Å²) in [4.78, 5) is 28.1. The molecule has 20 heavy (non-hydrogen) atoms. The van der Waals surface area contributed by atoms with Gasteiger partial charge in [0.1, 0.15) is 0 Å². The van der Waals surface area contributed by atoms with Crippen LogP contribution in [0.15, 0.2) is 17.6 Å². The van der Waals surface area contributed by atoms with Crippen molar-refractivity contribution in [3.8, 4) is 11.8 Å². The summed E-state index contributed by atoms with van der Waals surface area (Å²) in [6.07, 6.45) is 2.23. The van der Waals surface area contributed by atoms with Gasteiger partial charge in [-0.1, -0.05) is 18.9 Å². The van der Waals surface area contributed by atoms with Crippen molar-refractivity contribution in [2.75, 3.05) is 7.05 Å². The molecule has 0 bridgehead atoms. The molecule has 0 aliphatic carbocycles. The third-order valence-electron chi connectivity index (χ3n) is 3.25. The SMILES string of the molecule is C=CCC1([C@H](C)C#CCC)C(=O)N(C)C(=O)N=C1[O-].[Na+]. The van der Waals surface area contributed by atoms with Crippen LogP contribution in [0.1, 0.15) is 26.7 Å². The molecule has 0 fully saturated rings. The van der Waals surface area contributed by atoms with E-state index >= 15 is 0 Å². The third-order valence-corrected chi connectivity index (χ3v) is 3.25. The van der Waals surface area contributed by atoms with Gasteiger partial charge in [-0.05, 0) is 19.2 Å². The molecule has 1 rings (SSSR count). The van der Waals surface area contributed by atoms with Gasteiger partial charge in [0.05, 0.1) is 5.41 Å². The molecular formula is C14H17N2NaO3. The molecule has 0 aromatic carbocycles. The minimum atomic E-state index is -1.42. The Labute approximate surface area is 141 Å². The molecule has 1 heterocycles. The number of carbonyl (C=O) groups excluding carboxylic acids is 2. The normalized spacial score (nSPS) is 23.1. The molecule has 5 nitrogen and oxygen atoms in total. The van der Waals surface area contributed by atoms with E-state index in [0.29, 0.717) is 6.42 Å². The molecular weight excluding hydrogens is 267 g/mol. The van der Waals surface area contributed by atoms with Gasteiger partial charge in [0, 0.05) is 19.4 Å². The maximum absolute atomic E-state index is 12.4. The Hall–Kier alpha value is -1.09. The summed E-state index contributed by atoms with van der Waals surface area (Å²) in [6.45, 7) is 7.15. The molecule has 0 aromatic heterocycles. The summed E-state index contributed by atoms with van der Waals surface area (Å²) in [5, 5.41) is 12.1. The average Bonchev–Trinajstić information content (AvgIpc) is 2.38. The van der Waals surface area contributed by atoms with Gasteiger partial charge in [-0.2, -0.15) is 0 Å². The van der Waals surface area contributed by atoms with E-state index < -0.39 is 29.2 Å². The molecule has 0 N–H and O–H groups in total. The van der Waals surface area contributed by atoms with E-state index in [1.54, 1.807) is 6.92 Å². The van der Waals surface area contributed by atoms with Crippen LogP contribution in [-0.4, -0.2) is 29.8 Å². The number of rotatable bonds is 3. The number of nitrogens with zero attached hydrogens (tertiary/aromatic N) is 2. The van der Waals surface area contributed by atoms with Gasteiger partial charge in [0.15, 0.2) is 0 Å². The van der Waals surface area contributed by atoms with Crippen molar-refractivity contribution < 1.29 is 44.3 Å². The summed E-state index contributed by atoms with van der Waals surface area (Å²) >= 11 is 0. The Kier molecular flexibility index (Phi) is 7.21. The Morgan fingerprint density at radius 2 is 2.15 bits per heavy atom. The quantitative estimate of drug-likeness (QED) is 0.340. The molecule has 102 valence electrons.